The van der Waals surface area contributed by atoms with E-state index in [9.17, 15) is 18.1 Å². The summed E-state index contributed by atoms with van der Waals surface area (Å²) >= 11 is 0. The molecule has 6 heteroatoms. The van der Waals surface area contributed by atoms with Gasteiger partial charge in [-0.05, 0) is 19.3 Å². The van der Waals surface area contributed by atoms with Crippen molar-refractivity contribution in [2.24, 2.45) is 0 Å². The molecule has 0 amide bonds. The van der Waals surface area contributed by atoms with Gasteiger partial charge < -0.3 is 9.66 Å². The van der Waals surface area contributed by atoms with Crippen LogP contribution < -0.4 is 29.6 Å². The second kappa shape index (κ2) is 24.5. The van der Waals surface area contributed by atoms with Gasteiger partial charge in [-0.25, -0.2) is 8.42 Å². The third-order valence-electron chi connectivity index (χ3n) is 5.82. The average molecular weight is 457 g/mol. The Morgan fingerprint density at radius 2 is 0.900 bits per heavy atom. The smallest absolute Gasteiger partial charge is 0.748 e. The van der Waals surface area contributed by atoms with Crippen LogP contribution >= 0.6 is 0 Å². The fourth-order valence-corrected chi connectivity index (χ4v) is 4.47. The van der Waals surface area contributed by atoms with Crippen molar-refractivity contribution in [1.82, 2.24) is 0 Å². The molecular weight excluding hydrogens is 407 g/mol. The summed E-state index contributed by atoms with van der Waals surface area (Å²) in [4.78, 5) is 0. The van der Waals surface area contributed by atoms with Crippen LogP contribution in [0, 0.1) is 0 Å². The molecule has 1 N–H and O–H groups in total. The van der Waals surface area contributed by atoms with Crippen molar-refractivity contribution in [1.29, 1.82) is 0 Å². The number of rotatable bonds is 23. The Balaban J connectivity index is 0. The van der Waals surface area contributed by atoms with Gasteiger partial charge in [0, 0.05) is 5.75 Å². The van der Waals surface area contributed by atoms with Crippen LogP contribution in [0.15, 0.2) is 0 Å². The zero-order valence-electron chi connectivity index (χ0n) is 20.2. The molecule has 4 nitrogen and oxygen atoms in total. The molecule has 0 radical (unpaired) electrons. The van der Waals surface area contributed by atoms with E-state index in [2.05, 4.69) is 6.92 Å². The summed E-state index contributed by atoms with van der Waals surface area (Å²) in [6, 6.07) is 0. The quantitative estimate of drug-likeness (QED) is 0.143. The van der Waals surface area contributed by atoms with Crippen molar-refractivity contribution in [2.75, 3.05) is 5.75 Å². The Bertz CT molecular complexity index is 429. The van der Waals surface area contributed by atoms with Gasteiger partial charge in [0.25, 0.3) is 0 Å². The van der Waals surface area contributed by atoms with Crippen LogP contribution in [0.1, 0.15) is 142 Å². The van der Waals surface area contributed by atoms with E-state index >= 15 is 0 Å². The summed E-state index contributed by atoms with van der Waals surface area (Å²) in [5, 5.41) is 10.1. The predicted molar refractivity (Wildman–Crippen MR) is 123 cm³/mol. The van der Waals surface area contributed by atoms with Gasteiger partial charge in [-0.3, -0.25) is 0 Å². The molecule has 176 valence electrons. The van der Waals surface area contributed by atoms with Crippen LogP contribution in [-0.2, 0) is 10.1 Å². The Morgan fingerprint density at radius 3 is 1.23 bits per heavy atom. The van der Waals surface area contributed by atoms with Crippen LogP contribution in [0.4, 0.5) is 0 Å². The number of hydrogen-bond acceptors (Lipinski definition) is 4. The van der Waals surface area contributed by atoms with Crippen LogP contribution in [0.2, 0.25) is 0 Å². The van der Waals surface area contributed by atoms with Gasteiger partial charge in [-0.1, -0.05) is 122 Å². The molecule has 0 aliphatic heterocycles. The maximum Gasteiger partial charge on any atom is 1.00 e. The summed E-state index contributed by atoms with van der Waals surface area (Å²) in [6.45, 7) is 2.26. The fraction of sp³-hybridized carbons (Fsp3) is 1.00. The number of aliphatic hydroxyl groups excluding tert-OH is 1. The summed E-state index contributed by atoms with van der Waals surface area (Å²) in [5.41, 5.74) is 0. The summed E-state index contributed by atoms with van der Waals surface area (Å²) in [7, 11) is -4.02. The number of hydrogen-bond donors (Lipinski definition) is 1. The SMILES string of the molecule is CCCCCCCCCCCC(O)CCCCCCCCCCCCS(=O)(=O)[O-].[Na+]. The van der Waals surface area contributed by atoms with Crippen LogP contribution in [0.25, 0.3) is 0 Å². The standard InChI is InChI=1S/C24H50O4S.Na/c1-2-3-4-5-6-9-12-15-18-21-24(25)22-19-16-13-10-7-8-11-14-17-20-23-29(26,27)28;/h24-25H,2-23H2,1H3,(H,26,27,28);/q;+1/p-1. The van der Waals surface area contributed by atoms with E-state index in [1.807, 2.05) is 0 Å². The first-order valence-corrected chi connectivity index (χ1v) is 14.1. The molecular formula is C24H49NaO4S. The summed E-state index contributed by atoms with van der Waals surface area (Å²) in [6.07, 6.45) is 24.7. The van der Waals surface area contributed by atoms with E-state index in [0.717, 1.165) is 38.5 Å². The van der Waals surface area contributed by atoms with Crippen LogP contribution in [-0.4, -0.2) is 29.9 Å². The van der Waals surface area contributed by atoms with Crippen molar-refractivity contribution in [2.45, 2.75) is 148 Å². The third kappa shape index (κ3) is 28.9. The van der Waals surface area contributed by atoms with Crippen molar-refractivity contribution in [3.05, 3.63) is 0 Å². The largest absolute Gasteiger partial charge is 1.00 e. The molecule has 0 fully saturated rings. The van der Waals surface area contributed by atoms with Gasteiger partial charge in [-0.15, -0.1) is 0 Å². The summed E-state index contributed by atoms with van der Waals surface area (Å²) in [5.74, 6) is -0.210. The van der Waals surface area contributed by atoms with E-state index < -0.39 is 10.1 Å². The Labute approximate surface area is 210 Å². The van der Waals surface area contributed by atoms with Crippen molar-refractivity contribution >= 4 is 10.1 Å². The molecule has 0 saturated carbocycles. The van der Waals surface area contributed by atoms with Gasteiger partial charge in [0.15, 0.2) is 0 Å². The first-order chi connectivity index (χ1) is 14.0. The van der Waals surface area contributed by atoms with Gasteiger partial charge in [0.1, 0.15) is 0 Å². The maximum atomic E-state index is 10.5. The van der Waals surface area contributed by atoms with Crippen molar-refractivity contribution < 1.29 is 47.6 Å². The predicted octanol–water partition coefficient (Wildman–Crippen LogP) is 4.11. The summed E-state index contributed by atoms with van der Waals surface area (Å²) < 4.78 is 31.5. The second-order valence-corrected chi connectivity index (χ2v) is 10.4. The van der Waals surface area contributed by atoms with Gasteiger partial charge in [0.2, 0.25) is 0 Å². The molecule has 0 saturated heterocycles. The Kier molecular flexibility index (Phi) is 27.0. The molecule has 30 heavy (non-hydrogen) atoms. The second-order valence-electron chi connectivity index (χ2n) is 8.86. The van der Waals surface area contributed by atoms with E-state index in [0.29, 0.717) is 6.42 Å². The van der Waals surface area contributed by atoms with Gasteiger partial charge in [-0.2, -0.15) is 0 Å². The maximum absolute atomic E-state index is 10.5. The molecule has 0 aromatic heterocycles. The van der Waals surface area contributed by atoms with Crippen molar-refractivity contribution in [3.63, 3.8) is 0 Å². The fourth-order valence-electron chi connectivity index (χ4n) is 3.91. The first kappa shape index (κ1) is 33.0. The molecule has 0 bridgehead atoms. The first-order valence-electron chi connectivity index (χ1n) is 12.6. The molecule has 0 aromatic rings. The molecule has 0 heterocycles. The van der Waals surface area contributed by atoms with Gasteiger partial charge in [0.05, 0.1) is 16.2 Å². The Hall–Kier alpha value is 0.870. The number of unbranched alkanes of at least 4 members (excludes halogenated alkanes) is 17. The number of aliphatic hydroxyl groups is 1. The van der Waals surface area contributed by atoms with E-state index in [1.165, 1.54) is 89.9 Å². The minimum atomic E-state index is -4.02. The van der Waals surface area contributed by atoms with E-state index in [1.54, 1.807) is 0 Å². The zero-order chi connectivity index (χ0) is 21.6. The minimum Gasteiger partial charge on any atom is -0.748 e. The van der Waals surface area contributed by atoms with E-state index in [4.69, 9.17) is 0 Å². The molecule has 1 atom stereocenters. The average Bonchev–Trinajstić information content (AvgIpc) is 2.66. The van der Waals surface area contributed by atoms with E-state index in [-0.39, 0.29) is 41.4 Å². The molecule has 0 aromatic carbocycles. The topological polar surface area (TPSA) is 77.4 Å². The normalized spacial score (nSPS) is 12.6. The molecule has 0 spiro atoms. The van der Waals surface area contributed by atoms with Crippen molar-refractivity contribution in [3.8, 4) is 0 Å². The van der Waals surface area contributed by atoms with Crippen LogP contribution in [0.5, 0.6) is 0 Å². The monoisotopic (exact) mass is 456 g/mol. The Morgan fingerprint density at radius 1 is 0.600 bits per heavy atom. The van der Waals surface area contributed by atoms with Gasteiger partial charge >= 0.3 is 29.6 Å². The van der Waals surface area contributed by atoms with Crippen LogP contribution in [0.3, 0.4) is 0 Å². The zero-order valence-corrected chi connectivity index (χ0v) is 23.0. The molecule has 0 rings (SSSR count). The molecule has 0 aliphatic rings. The molecule has 1 unspecified atom stereocenters. The minimum absolute atomic E-state index is 0. The molecule has 0 aliphatic carbocycles. The third-order valence-corrected chi connectivity index (χ3v) is 6.61.